The van der Waals surface area contributed by atoms with Crippen LogP contribution in [0.2, 0.25) is 0 Å². The highest BCUT2D eigenvalue weighted by Gasteiger charge is 2.16. The summed E-state index contributed by atoms with van der Waals surface area (Å²) in [4.78, 5) is 2.38. The third-order valence-electron chi connectivity index (χ3n) is 9.07. The molecule has 9 aromatic rings. The zero-order valence-corrected chi connectivity index (χ0v) is 25.9. The fraction of sp³-hybridized carbons (Fsp3) is 0. The van der Waals surface area contributed by atoms with Gasteiger partial charge in [0.1, 0.15) is 0 Å². The van der Waals surface area contributed by atoms with Gasteiger partial charge in [0.15, 0.2) is 0 Å². The van der Waals surface area contributed by atoms with E-state index in [0.717, 1.165) is 17.1 Å². The highest BCUT2D eigenvalue weighted by Crippen LogP contribution is 2.41. The van der Waals surface area contributed by atoms with E-state index in [9.17, 15) is 0 Å². The maximum atomic E-state index is 2.38. The Balaban J connectivity index is 1.14. The molecule has 216 valence electrons. The van der Waals surface area contributed by atoms with Crippen molar-refractivity contribution < 1.29 is 0 Å². The molecule has 2 heteroatoms. The molecule has 0 amide bonds. The molecule has 0 saturated carbocycles. The van der Waals surface area contributed by atoms with Crippen LogP contribution in [0, 0.1) is 0 Å². The predicted molar refractivity (Wildman–Crippen MR) is 200 cm³/mol. The normalized spacial score (nSPS) is 11.5. The molecule has 1 heterocycles. The number of anilines is 3. The first-order valence-corrected chi connectivity index (χ1v) is 16.5. The number of hydrogen-bond acceptors (Lipinski definition) is 2. The highest BCUT2D eigenvalue weighted by molar-refractivity contribution is 7.25. The van der Waals surface area contributed by atoms with Gasteiger partial charge in [-0.1, -0.05) is 133 Å². The van der Waals surface area contributed by atoms with E-state index in [4.69, 9.17) is 0 Å². The van der Waals surface area contributed by atoms with Crippen molar-refractivity contribution in [3.63, 3.8) is 0 Å². The summed E-state index contributed by atoms with van der Waals surface area (Å²) in [6.45, 7) is 0. The third-order valence-corrected chi connectivity index (χ3v) is 10.2. The standard InChI is InChI=1S/C44H29NS/c1-3-13-37-31(9-1)11-7-16-38(37)33-21-26-36(27-22-33)45(42-17-8-12-32-10-2-4-14-39(32)42)35-24-19-30(20-25-35)34-23-28-41-40-15-5-6-18-43(40)46-44(41)29-34/h1-29H. The molecule has 0 saturated heterocycles. The fourth-order valence-electron chi connectivity index (χ4n) is 6.81. The van der Waals surface area contributed by atoms with Gasteiger partial charge in [-0.25, -0.2) is 0 Å². The van der Waals surface area contributed by atoms with Crippen LogP contribution in [0.1, 0.15) is 0 Å². The van der Waals surface area contributed by atoms with Gasteiger partial charge in [-0.2, -0.15) is 0 Å². The summed E-state index contributed by atoms with van der Waals surface area (Å²) >= 11 is 1.87. The van der Waals surface area contributed by atoms with E-state index in [1.54, 1.807) is 0 Å². The molecule has 0 unspecified atom stereocenters. The third kappa shape index (κ3) is 4.54. The van der Waals surface area contributed by atoms with E-state index in [-0.39, 0.29) is 0 Å². The van der Waals surface area contributed by atoms with Gasteiger partial charge in [-0.3, -0.25) is 0 Å². The summed E-state index contributed by atoms with van der Waals surface area (Å²) in [7, 11) is 0. The zero-order valence-electron chi connectivity index (χ0n) is 25.1. The van der Waals surface area contributed by atoms with Crippen molar-refractivity contribution in [2.24, 2.45) is 0 Å². The molecular formula is C44H29NS. The lowest BCUT2D eigenvalue weighted by molar-refractivity contribution is 1.30. The zero-order chi connectivity index (χ0) is 30.5. The molecule has 1 nitrogen and oxygen atoms in total. The maximum absolute atomic E-state index is 2.38. The quantitative estimate of drug-likeness (QED) is 0.189. The molecule has 0 fully saturated rings. The van der Waals surface area contributed by atoms with Gasteiger partial charge in [0.2, 0.25) is 0 Å². The predicted octanol–water partition coefficient (Wildman–Crippen LogP) is 13.2. The minimum Gasteiger partial charge on any atom is -0.310 e. The number of thiophene rings is 1. The largest absolute Gasteiger partial charge is 0.310 e. The molecule has 0 radical (unpaired) electrons. The van der Waals surface area contributed by atoms with Crippen LogP contribution in [0.15, 0.2) is 176 Å². The Hall–Kier alpha value is -5.70. The first-order chi connectivity index (χ1) is 22.8. The number of benzene rings is 8. The van der Waals surface area contributed by atoms with Gasteiger partial charge in [-0.15, -0.1) is 11.3 Å². The number of fused-ring (bicyclic) bond motifs is 5. The summed E-state index contributed by atoms with van der Waals surface area (Å²) in [5, 5.41) is 7.64. The lowest BCUT2D eigenvalue weighted by Crippen LogP contribution is -2.10. The van der Waals surface area contributed by atoms with E-state index in [1.807, 2.05) is 11.3 Å². The molecule has 0 bridgehead atoms. The topological polar surface area (TPSA) is 3.24 Å². The van der Waals surface area contributed by atoms with Crippen molar-refractivity contribution in [1.29, 1.82) is 0 Å². The number of nitrogens with zero attached hydrogens (tertiary/aromatic N) is 1. The molecule has 0 spiro atoms. The average molecular weight is 604 g/mol. The maximum Gasteiger partial charge on any atom is 0.0540 e. The molecule has 0 atom stereocenters. The number of hydrogen-bond donors (Lipinski definition) is 0. The van der Waals surface area contributed by atoms with Crippen LogP contribution in [0.3, 0.4) is 0 Å². The molecule has 1 aromatic heterocycles. The highest BCUT2D eigenvalue weighted by atomic mass is 32.1. The molecule has 9 rings (SSSR count). The lowest BCUT2D eigenvalue weighted by atomic mass is 9.98. The van der Waals surface area contributed by atoms with E-state index >= 15 is 0 Å². The van der Waals surface area contributed by atoms with Crippen molar-refractivity contribution in [2.75, 3.05) is 4.90 Å². The summed E-state index contributed by atoms with van der Waals surface area (Å²) in [6.07, 6.45) is 0. The SMILES string of the molecule is c1ccc2c(-c3ccc(N(c4ccc(-c5ccc6c(c5)sc5ccccc56)cc4)c4cccc5ccccc45)cc3)cccc2c1. The van der Waals surface area contributed by atoms with E-state index in [2.05, 4.69) is 181 Å². The Bertz CT molecular complexity index is 2510. The van der Waals surface area contributed by atoms with E-state index in [0.29, 0.717) is 0 Å². The van der Waals surface area contributed by atoms with Crippen LogP contribution in [-0.4, -0.2) is 0 Å². The van der Waals surface area contributed by atoms with Crippen LogP contribution in [0.5, 0.6) is 0 Å². The van der Waals surface area contributed by atoms with Gasteiger partial charge in [0.25, 0.3) is 0 Å². The van der Waals surface area contributed by atoms with Gasteiger partial charge < -0.3 is 4.90 Å². The van der Waals surface area contributed by atoms with Crippen molar-refractivity contribution in [2.45, 2.75) is 0 Å². The second-order valence-electron chi connectivity index (χ2n) is 11.8. The van der Waals surface area contributed by atoms with Gasteiger partial charge in [0, 0.05) is 36.9 Å². The smallest absolute Gasteiger partial charge is 0.0540 e. The summed E-state index contributed by atoms with van der Waals surface area (Å²) in [5.41, 5.74) is 8.33. The lowest BCUT2D eigenvalue weighted by Gasteiger charge is -2.27. The van der Waals surface area contributed by atoms with Crippen molar-refractivity contribution in [3.8, 4) is 22.3 Å². The monoisotopic (exact) mass is 603 g/mol. The molecule has 0 N–H and O–H groups in total. The van der Waals surface area contributed by atoms with Crippen LogP contribution in [0.4, 0.5) is 17.1 Å². The summed E-state index contributed by atoms with van der Waals surface area (Å²) in [6, 6.07) is 63.9. The van der Waals surface area contributed by atoms with Crippen molar-refractivity contribution >= 4 is 70.1 Å². The minimum atomic E-state index is 1.12. The summed E-state index contributed by atoms with van der Waals surface area (Å²) < 4.78 is 2.66. The van der Waals surface area contributed by atoms with Crippen LogP contribution < -0.4 is 4.90 Å². The van der Waals surface area contributed by atoms with Gasteiger partial charge in [0.05, 0.1) is 5.69 Å². The molecule has 8 aromatic carbocycles. The van der Waals surface area contributed by atoms with E-state index < -0.39 is 0 Å². The molecule has 0 aliphatic heterocycles. The molecule has 46 heavy (non-hydrogen) atoms. The van der Waals surface area contributed by atoms with Gasteiger partial charge in [-0.05, 0) is 80.9 Å². The van der Waals surface area contributed by atoms with E-state index in [1.165, 1.54) is 64.0 Å². The minimum absolute atomic E-state index is 1.12. The van der Waals surface area contributed by atoms with Crippen LogP contribution in [-0.2, 0) is 0 Å². The summed E-state index contributed by atoms with van der Waals surface area (Å²) in [5.74, 6) is 0. The molecule has 0 aliphatic rings. The fourth-order valence-corrected chi connectivity index (χ4v) is 7.95. The Morgan fingerprint density at radius 3 is 1.65 bits per heavy atom. The van der Waals surface area contributed by atoms with Crippen molar-refractivity contribution in [3.05, 3.63) is 176 Å². The van der Waals surface area contributed by atoms with Gasteiger partial charge >= 0.3 is 0 Å². The Kier molecular flexibility index (Phi) is 6.40. The van der Waals surface area contributed by atoms with Crippen molar-refractivity contribution in [1.82, 2.24) is 0 Å². The second kappa shape index (κ2) is 11.0. The Morgan fingerprint density at radius 2 is 0.891 bits per heavy atom. The number of rotatable bonds is 5. The Labute approximate surface area is 272 Å². The van der Waals surface area contributed by atoms with Crippen LogP contribution >= 0.6 is 11.3 Å². The molecular weight excluding hydrogens is 575 g/mol. The second-order valence-corrected chi connectivity index (χ2v) is 12.8. The Morgan fingerprint density at radius 1 is 0.348 bits per heavy atom. The average Bonchev–Trinajstić information content (AvgIpc) is 3.50. The first-order valence-electron chi connectivity index (χ1n) is 15.7. The van der Waals surface area contributed by atoms with Crippen LogP contribution in [0.25, 0.3) is 64.0 Å². The first kappa shape index (κ1) is 26.7. The molecule has 0 aliphatic carbocycles.